The third kappa shape index (κ3) is 38.8. The first-order valence-electron chi connectivity index (χ1n) is 39.6. The first kappa shape index (κ1) is 119. The van der Waals surface area contributed by atoms with Crippen molar-refractivity contribution in [1.29, 1.82) is 10.5 Å². The SMILES string of the molecule is CC#N.CC#N.CC#[NH+].CC#[NH+].CC12c3ccccc3C3(C)c4cc5c(cc41)OCCOCCOCCOCCOc1cc4c(cc1OCCOCCOCCOCCO5)C1(C)c5ccccc5C4(C)c4cc5c(cc41)OCCOCCOCCOCCOc1cc3c2cc1OCCOCCOCCOCCO5.[Ba+2].[Ba+2].[O-][Cl+3]([O-])([O-])[O-].[O-][Cl+3]([O-])([O-])[O-].[O-][Cl+3]([O-])([O-])[O-].[O-][Cl+3]([O-])([O-])[O-]. The molecule has 2 heterocycles. The number of ether oxygens (including phenoxy) is 20. The zero-order chi connectivity index (χ0) is 94.5. The number of hydrogen-bond acceptors (Lipinski definition) is 38. The zero-order valence-electron chi connectivity index (χ0n) is 73.4. The van der Waals surface area contributed by atoms with Crippen LogP contribution in [-0.2, 0) is 78.5 Å². The molecule has 6 aliphatic carbocycles. The van der Waals surface area contributed by atoms with Crippen molar-refractivity contribution in [1.82, 2.24) is 0 Å². The molecule has 708 valence electrons. The van der Waals surface area contributed by atoms with Crippen LogP contribution >= 0.6 is 0 Å². The van der Waals surface area contributed by atoms with Gasteiger partial charge in [-0.05, 0) is 143 Å². The first-order valence-corrected chi connectivity index (χ1v) is 44.5. The molecule has 0 unspecified atom stereocenters. The second-order valence-corrected chi connectivity index (χ2v) is 30.6. The van der Waals surface area contributed by atoms with E-state index in [1.807, 2.05) is 12.1 Å². The van der Waals surface area contributed by atoms with E-state index in [4.69, 9.17) is 190 Å². The molecule has 2 N–H and O–H groups in total. The van der Waals surface area contributed by atoms with Crippen molar-refractivity contribution in [3.05, 3.63) is 164 Å². The molecule has 0 saturated heterocycles. The van der Waals surface area contributed by atoms with Crippen molar-refractivity contribution in [2.75, 3.05) is 211 Å². The number of fused-ring (bicyclic) bond motifs is 4. The molecular formula is C84H106Ba2Cl4N4O36+2. The van der Waals surface area contributed by atoms with E-state index in [0.29, 0.717) is 205 Å². The minimum atomic E-state index is -4.94. The van der Waals surface area contributed by atoms with Crippen molar-refractivity contribution in [3.63, 3.8) is 0 Å². The molecule has 130 heavy (non-hydrogen) atoms. The summed E-state index contributed by atoms with van der Waals surface area (Å²) >= 11 is 0. The number of nitrogens with one attached hydrogen (secondary N) is 2. The summed E-state index contributed by atoms with van der Waals surface area (Å²) in [6, 6.07) is 42.1. The molecule has 40 nitrogen and oxygen atoms in total. The second kappa shape index (κ2) is 61.1. The predicted octanol–water partition coefficient (Wildman–Crippen LogP) is -11.8. The molecule has 6 aromatic rings. The molecule has 6 aromatic carbocycles. The number of nitriles is 2. The van der Waals surface area contributed by atoms with Crippen LogP contribution in [-0.4, -0.2) is 309 Å². The molecule has 0 fully saturated rings. The van der Waals surface area contributed by atoms with E-state index in [2.05, 4.69) is 125 Å². The van der Waals surface area contributed by atoms with Crippen molar-refractivity contribution >= 4 is 97.8 Å². The number of nitrogens with zero attached hydrogens (tertiary/aromatic N) is 2. The Morgan fingerprint density at radius 3 is 0.400 bits per heavy atom. The Bertz CT molecular complexity index is 3760. The third-order valence-corrected chi connectivity index (χ3v) is 19.5. The van der Waals surface area contributed by atoms with Gasteiger partial charge < -0.3 is 94.7 Å². The molecule has 8 aliphatic rings. The molecule has 2 aliphatic heterocycles. The third-order valence-electron chi connectivity index (χ3n) is 19.5. The van der Waals surface area contributed by atoms with Gasteiger partial charge in [-0.25, -0.2) is 74.5 Å². The Morgan fingerprint density at radius 2 is 0.308 bits per heavy atom. The Hall–Kier alpha value is -5.14. The number of benzene rings is 6. The van der Waals surface area contributed by atoms with Crippen molar-refractivity contribution in [2.24, 2.45) is 0 Å². The molecule has 14 rings (SSSR count). The summed E-state index contributed by atoms with van der Waals surface area (Å²) < 4.78 is 262. The molecule has 0 saturated carbocycles. The fraction of sp³-hybridized carbons (Fsp3) is 0.524. The number of rotatable bonds is 0. The van der Waals surface area contributed by atoms with Gasteiger partial charge in [0.05, 0.1) is 185 Å². The van der Waals surface area contributed by atoms with E-state index in [0.717, 1.165) is 44.5 Å². The van der Waals surface area contributed by atoms with Gasteiger partial charge in [0.1, 0.15) is 52.9 Å². The Labute approximate surface area is 843 Å². The minimum absolute atomic E-state index is 0. The zero-order valence-corrected chi connectivity index (χ0v) is 85.3. The fourth-order valence-electron chi connectivity index (χ4n) is 14.8. The quantitative estimate of drug-likeness (QED) is 0.133. The van der Waals surface area contributed by atoms with Crippen LogP contribution in [0.1, 0.15) is 122 Å². The topological polar surface area (TPSA) is 649 Å². The molecule has 4 bridgehead atoms. The van der Waals surface area contributed by atoms with E-state index < -0.39 is 62.6 Å². The average molecular weight is 2160 g/mol. The van der Waals surface area contributed by atoms with Crippen molar-refractivity contribution < 1.29 is 221 Å². The van der Waals surface area contributed by atoms with Crippen molar-refractivity contribution in [3.8, 4) is 70.3 Å². The summed E-state index contributed by atoms with van der Waals surface area (Å²) in [4.78, 5) is 0. The standard InChI is InChI=1S/C76H92O20.4C2H3N.2Ba.4ClHO4/c1-73-53-9-5-6-10-54(53)74(2)59-47-67-65(45-57(59)73)89-37-29-81-21-13-77-17-25-85-33-41-93-69-49-61-63(51-71(69)95-43-35-87-27-19-79-15-23-83-31-39-91-67)76(4)56-12-8-7-11-55(56)75(61,3)62-50-70-72(52-64(62)76)96-44-36-88-28-20-80-16-24-84-32-40-92-68-48-60(74)58(73)46-66(68)90-38-30-82-22-14-78-18-26-86-34-42-94-70;4*1-2-3;;;4*2-1(3,4)5/h5-12,45-52H,13-44H2,1-4H3;4*1H3;;;4*(H,2,3,4,5)/q;;;;;2*+2;;;;/p-2. The van der Waals surface area contributed by atoms with E-state index in [1.54, 1.807) is 26.0 Å². The van der Waals surface area contributed by atoms with Crippen LogP contribution in [0.3, 0.4) is 0 Å². The van der Waals surface area contributed by atoms with E-state index in [-0.39, 0.29) is 151 Å². The molecular weight excluding hydrogens is 2060 g/mol. The van der Waals surface area contributed by atoms with Crippen LogP contribution < -0.4 is 123 Å². The predicted molar refractivity (Wildman–Crippen MR) is 410 cm³/mol. The molecule has 0 atom stereocenters. The van der Waals surface area contributed by atoms with Gasteiger partial charge in [0, 0.05) is 35.5 Å². The van der Waals surface area contributed by atoms with Gasteiger partial charge >= 0.3 is 97.8 Å². The Kier molecular flexibility index (Phi) is 56.0. The van der Waals surface area contributed by atoms with Crippen LogP contribution in [0.4, 0.5) is 0 Å². The molecule has 46 heteroatoms. The van der Waals surface area contributed by atoms with E-state index in [9.17, 15) is 0 Å². The smallest absolute Gasteiger partial charge is 0.487 e. The maximum atomic E-state index is 8.49. The van der Waals surface area contributed by atoms with Crippen LogP contribution in [0.15, 0.2) is 97.1 Å². The fourth-order valence-corrected chi connectivity index (χ4v) is 14.8. The van der Waals surface area contributed by atoms with Crippen LogP contribution in [0, 0.1) is 75.8 Å². The van der Waals surface area contributed by atoms with Gasteiger partial charge in [-0.3, -0.25) is 0 Å². The first-order chi connectivity index (χ1) is 60.9. The van der Waals surface area contributed by atoms with Crippen LogP contribution in [0.5, 0.6) is 46.0 Å². The summed E-state index contributed by atoms with van der Waals surface area (Å²) in [7, 11) is -19.8. The van der Waals surface area contributed by atoms with Crippen molar-refractivity contribution in [2.45, 2.75) is 77.0 Å². The molecule has 0 spiro atoms. The maximum absolute atomic E-state index is 8.49. The maximum Gasteiger partial charge on any atom is 2.00 e. The van der Waals surface area contributed by atoms with Gasteiger partial charge in [-0.15, -0.1) is 51.5 Å². The van der Waals surface area contributed by atoms with Crippen LogP contribution in [0.25, 0.3) is 0 Å². The summed E-state index contributed by atoms with van der Waals surface area (Å²) in [5.41, 5.74) is 11.0. The van der Waals surface area contributed by atoms with Gasteiger partial charge in [-0.2, -0.15) is 10.5 Å². The van der Waals surface area contributed by atoms with E-state index >= 15 is 0 Å². The van der Waals surface area contributed by atoms with Gasteiger partial charge in [-0.1, -0.05) is 48.5 Å². The van der Waals surface area contributed by atoms with Gasteiger partial charge in [0.2, 0.25) is 0 Å². The van der Waals surface area contributed by atoms with Gasteiger partial charge in [0.25, 0.3) is 12.1 Å². The van der Waals surface area contributed by atoms with Gasteiger partial charge in [0.15, 0.2) is 46.0 Å². The Morgan fingerprint density at radius 1 is 0.223 bits per heavy atom. The second-order valence-electron chi connectivity index (χ2n) is 27.6. The Balaban J connectivity index is 0.00000111. The summed E-state index contributed by atoms with van der Waals surface area (Å²) in [5.74, 6) is 4.81. The minimum Gasteiger partial charge on any atom is -0.487 e. The van der Waals surface area contributed by atoms with E-state index in [1.165, 1.54) is 36.1 Å². The van der Waals surface area contributed by atoms with Crippen LogP contribution in [0.2, 0.25) is 0 Å². The monoisotopic (exact) mass is 2160 g/mol. The number of halogens is 4. The molecule has 0 amide bonds. The normalized spacial score (nSPS) is 21.0. The average Bonchev–Trinajstić information content (AvgIpc) is 0.667. The summed E-state index contributed by atoms with van der Waals surface area (Å²) in [5, 5.41) is 26.6. The summed E-state index contributed by atoms with van der Waals surface area (Å²) in [6.07, 6.45) is 0. The molecule has 0 aromatic heterocycles. The largest absolute Gasteiger partial charge is 2.00 e. The number of hydrogen-bond donors (Lipinski definition) is 2. The molecule has 0 radical (unpaired) electrons. The summed E-state index contributed by atoms with van der Waals surface area (Å²) in [6.45, 7) is 25.9.